The van der Waals surface area contributed by atoms with Gasteiger partial charge >= 0.3 is 11.9 Å². The van der Waals surface area contributed by atoms with Gasteiger partial charge in [0.2, 0.25) is 0 Å². The van der Waals surface area contributed by atoms with E-state index in [2.05, 4.69) is 25.8 Å². The molecule has 0 saturated heterocycles. The Hall–Kier alpha value is -2.89. The van der Waals surface area contributed by atoms with Gasteiger partial charge in [0.05, 0.1) is 12.2 Å². The first kappa shape index (κ1) is 21.4. The molecule has 0 fully saturated rings. The summed E-state index contributed by atoms with van der Waals surface area (Å²) in [5.41, 5.74) is 3.00. The normalized spacial score (nSPS) is 11.2. The molecular formula is C22H27NO5. The Kier molecular flexibility index (Phi) is 6.44. The van der Waals surface area contributed by atoms with Gasteiger partial charge in [-0.25, -0.2) is 9.59 Å². The zero-order chi connectivity index (χ0) is 21.1. The number of ketones is 1. The van der Waals surface area contributed by atoms with Crippen LogP contribution in [0.5, 0.6) is 0 Å². The number of benzene rings is 1. The summed E-state index contributed by atoms with van der Waals surface area (Å²) in [7, 11) is 0. The van der Waals surface area contributed by atoms with Gasteiger partial charge in [-0.2, -0.15) is 0 Å². The van der Waals surface area contributed by atoms with Crippen molar-refractivity contribution in [1.29, 1.82) is 0 Å². The Morgan fingerprint density at radius 1 is 0.964 bits per heavy atom. The van der Waals surface area contributed by atoms with Crippen molar-refractivity contribution in [2.24, 2.45) is 0 Å². The predicted molar refractivity (Wildman–Crippen MR) is 106 cm³/mol. The monoisotopic (exact) mass is 385 g/mol. The minimum atomic E-state index is -0.651. The van der Waals surface area contributed by atoms with Gasteiger partial charge in [0.15, 0.2) is 12.4 Å². The molecule has 0 bridgehead atoms. The van der Waals surface area contributed by atoms with Crippen LogP contribution in [0.1, 0.15) is 75.7 Å². The molecule has 2 rings (SSSR count). The molecule has 2 aromatic rings. The number of ether oxygens (including phenoxy) is 2. The number of hydrogen-bond donors (Lipinski definition) is 1. The third kappa shape index (κ3) is 4.68. The smallest absolute Gasteiger partial charge is 0.355 e. The summed E-state index contributed by atoms with van der Waals surface area (Å²) < 4.78 is 10.2. The van der Waals surface area contributed by atoms with E-state index in [1.54, 1.807) is 32.9 Å². The Balaban J connectivity index is 2.08. The number of Topliss-reactive ketones (excluding diaryl/α,β-unsaturated/α-hetero) is 1. The average Bonchev–Trinajstić information content (AvgIpc) is 2.93. The van der Waals surface area contributed by atoms with Gasteiger partial charge in [0, 0.05) is 11.3 Å². The molecule has 28 heavy (non-hydrogen) atoms. The molecule has 0 atom stereocenters. The maximum absolute atomic E-state index is 12.5. The van der Waals surface area contributed by atoms with Gasteiger partial charge in [-0.15, -0.1) is 0 Å². The lowest BCUT2D eigenvalue weighted by Crippen LogP contribution is -2.16. The van der Waals surface area contributed by atoms with Crippen LogP contribution in [0.4, 0.5) is 0 Å². The molecule has 1 aromatic carbocycles. The van der Waals surface area contributed by atoms with Crippen LogP contribution in [0.3, 0.4) is 0 Å². The predicted octanol–water partition coefficient (Wildman–Crippen LogP) is 4.15. The third-order valence-electron chi connectivity index (χ3n) is 4.53. The summed E-state index contributed by atoms with van der Waals surface area (Å²) in [5, 5.41) is 0. The van der Waals surface area contributed by atoms with Gasteiger partial charge in [-0.1, -0.05) is 45.0 Å². The van der Waals surface area contributed by atoms with Crippen LogP contribution < -0.4 is 0 Å². The van der Waals surface area contributed by atoms with E-state index in [4.69, 9.17) is 9.47 Å². The quantitative estimate of drug-likeness (QED) is 0.596. The number of carbonyl (C=O) groups is 3. The Bertz CT molecular complexity index is 885. The topological polar surface area (TPSA) is 85.5 Å². The SMILES string of the molecule is CCOC(=O)c1[nH]c(C)c(C(=O)OCC(=O)c2ccc(C(C)(C)C)cc2)c1C. The van der Waals surface area contributed by atoms with Crippen LogP contribution in [0.15, 0.2) is 24.3 Å². The number of hydrogen-bond acceptors (Lipinski definition) is 5. The Morgan fingerprint density at radius 2 is 1.57 bits per heavy atom. The molecule has 0 radical (unpaired) electrons. The number of rotatable bonds is 6. The number of carbonyl (C=O) groups excluding carboxylic acids is 3. The van der Waals surface area contributed by atoms with Crippen molar-refractivity contribution in [3.63, 3.8) is 0 Å². The zero-order valence-corrected chi connectivity index (χ0v) is 17.3. The molecular weight excluding hydrogens is 358 g/mol. The van der Waals surface area contributed by atoms with Crippen LogP contribution in [-0.4, -0.2) is 35.9 Å². The summed E-state index contributed by atoms with van der Waals surface area (Å²) in [4.78, 5) is 39.6. The molecule has 6 heteroatoms. The summed E-state index contributed by atoms with van der Waals surface area (Å²) >= 11 is 0. The second kappa shape index (κ2) is 8.42. The van der Waals surface area contributed by atoms with Crippen molar-refractivity contribution in [3.8, 4) is 0 Å². The standard InChI is InChI=1S/C22H27NO5/c1-7-27-21(26)19-13(2)18(14(3)23-19)20(25)28-12-17(24)15-8-10-16(11-9-15)22(4,5)6/h8-11,23H,7,12H2,1-6H3. The number of aromatic amines is 1. The van der Waals surface area contributed by atoms with Crippen LogP contribution in [-0.2, 0) is 14.9 Å². The van der Waals surface area contributed by atoms with Crippen LogP contribution in [0, 0.1) is 13.8 Å². The minimum Gasteiger partial charge on any atom is -0.461 e. The van der Waals surface area contributed by atoms with Crippen molar-refractivity contribution in [2.75, 3.05) is 13.2 Å². The molecule has 0 aliphatic rings. The number of aryl methyl sites for hydroxylation is 1. The van der Waals surface area contributed by atoms with E-state index in [9.17, 15) is 14.4 Å². The minimum absolute atomic E-state index is 0.00594. The third-order valence-corrected chi connectivity index (χ3v) is 4.53. The van der Waals surface area contributed by atoms with Crippen molar-refractivity contribution in [2.45, 2.75) is 47.0 Å². The molecule has 1 aromatic heterocycles. The van der Waals surface area contributed by atoms with Crippen molar-refractivity contribution < 1.29 is 23.9 Å². The molecule has 1 heterocycles. The maximum Gasteiger partial charge on any atom is 0.355 e. The molecule has 0 unspecified atom stereocenters. The largest absolute Gasteiger partial charge is 0.461 e. The zero-order valence-electron chi connectivity index (χ0n) is 17.3. The Morgan fingerprint density at radius 3 is 2.11 bits per heavy atom. The van der Waals surface area contributed by atoms with Gasteiger partial charge in [0.1, 0.15) is 5.69 Å². The first-order chi connectivity index (χ1) is 13.1. The fourth-order valence-electron chi connectivity index (χ4n) is 2.91. The molecule has 150 valence electrons. The summed E-state index contributed by atoms with van der Waals surface area (Å²) in [6, 6.07) is 7.28. The van der Waals surface area contributed by atoms with E-state index in [0.29, 0.717) is 16.8 Å². The molecule has 1 N–H and O–H groups in total. The van der Waals surface area contributed by atoms with Crippen molar-refractivity contribution >= 4 is 17.7 Å². The van der Waals surface area contributed by atoms with E-state index in [0.717, 1.165) is 5.56 Å². The highest BCUT2D eigenvalue weighted by atomic mass is 16.5. The van der Waals surface area contributed by atoms with Gasteiger partial charge in [-0.3, -0.25) is 4.79 Å². The lowest BCUT2D eigenvalue weighted by Gasteiger charge is -2.18. The molecule has 0 amide bonds. The lowest BCUT2D eigenvalue weighted by molar-refractivity contribution is 0.0473. The molecule has 0 aliphatic carbocycles. The van der Waals surface area contributed by atoms with Crippen LogP contribution in [0.25, 0.3) is 0 Å². The van der Waals surface area contributed by atoms with E-state index in [-0.39, 0.29) is 35.7 Å². The fraction of sp³-hybridized carbons (Fsp3) is 0.409. The van der Waals surface area contributed by atoms with Crippen LogP contribution in [0.2, 0.25) is 0 Å². The lowest BCUT2D eigenvalue weighted by atomic mass is 9.86. The summed E-state index contributed by atoms with van der Waals surface area (Å²) in [6.07, 6.45) is 0. The maximum atomic E-state index is 12.5. The first-order valence-electron chi connectivity index (χ1n) is 9.23. The number of H-pyrrole nitrogens is 1. The van der Waals surface area contributed by atoms with Gasteiger partial charge in [-0.05, 0) is 37.3 Å². The van der Waals surface area contributed by atoms with E-state index in [1.807, 2.05) is 12.1 Å². The molecule has 6 nitrogen and oxygen atoms in total. The first-order valence-corrected chi connectivity index (χ1v) is 9.23. The number of nitrogens with one attached hydrogen (secondary N) is 1. The second-order valence-electron chi connectivity index (χ2n) is 7.67. The molecule has 0 aliphatic heterocycles. The second-order valence-corrected chi connectivity index (χ2v) is 7.67. The van der Waals surface area contributed by atoms with Crippen molar-refractivity contribution in [1.82, 2.24) is 4.98 Å². The van der Waals surface area contributed by atoms with Crippen molar-refractivity contribution in [3.05, 3.63) is 57.9 Å². The highest BCUT2D eigenvalue weighted by molar-refractivity contribution is 6.01. The molecule has 0 saturated carbocycles. The fourth-order valence-corrected chi connectivity index (χ4v) is 2.91. The average molecular weight is 385 g/mol. The number of aromatic nitrogens is 1. The van der Waals surface area contributed by atoms with Gasteiger partial charge in [0.25, 0.3) is 0 Å². The highest BCUT2D eigenvalue weighted by Crippen LogP contribution is 2.23. The summed E-state index contributed by atoms with van der Waals surface area (Å²) in [5.74, 6) is -1.47. The Labute approximate surface area is 165 Å². The number of esters is 2. The summed E-state index contributed by atoms with van der Waals surface area (Å²) in [6.45, 7) is 11.2. The van der Waals surface area contributed by atoms with E-state index >= 15 is 0 Å². The highest BCUT2D eigenvalue weighted by Gasteiger charge is 2.24. The molecule has 0 spiro atoms. The van der Waals surface area contributed by atoms with Crippen LogP contribution >= 0.6 is 0 Å². The van der Waals surface area contributed by atoms with Gasteiger partial charge < -0.3 is 14.5 Å². The van der Waals surface area contributed by atoms with E-state index in [1.165, 1.54) is 0 Å². The van der Waals surface area contributed by atoms with E-state index < -0.39 is 11.9 Å².